The molecule has 1 unspecified atom stereocenters. The zero-order chi connectivity index (χ0) is 33.7. The van der Waals surface area contributed by atoms with Crippen molar-refractivity contribution in [2.75, 3.05) is 139 Å². The topological polar surface area (TPSA) is 168 Å². The van der Waals surface area contributed by atoms with Gasteiger partial charge in [0.1, 0.15) is 6.10 Å². The van der Waals surface area contributed by atoms with Crippen LogP contribution in [0.3, 0.4) is 0 Å². The van der Waals surface area contributed by atoms with E-state index >= 15 is 0 Å². The molecule has 0 aromatic rings. The van der Waals surface area contributed by atoms with Crippen LogP contribution in [0.5, 0.6) is 0 Å². The second-order valence-corrected chi connectivity index (χ2v) is 10.2. The second kappa shape index (κ2) is 35.4. The number of carbonyl (C=O) groups is 2. The van der Waals surface area contributed by atoms with Gasteiger partial charge in [-0.2, -0.15) is 0 Å². The number of amides is 1. The maximum Gasteiger partial charge on any atom is 0.407 e. The normalized spacial score (nSPS) is 14.9. The SMILES string of the molecule is O=C(O)CCOCCOCCOCCOCCOCCOCCOCCOCCOCCOCCNC(=O)OC1CCC=CCCC1. The molecular formula is C32H59NO14. The molecule has 0 saturated carbocycles. The Labute approximate surface area is 279 Å². The van der Waals surface area contributed by atoms with E-state index in [0.29, 0.717) is 132 Å². The first kappa shape index (κ1) is 43.1. The fraction of sp³-hybridized carbons (Fsp3) is 0.875. The number of carboxylic acids is 1. The average molecular weight is 682 g/mol. The summed E-state index contributed by atoms with van der Waals surface area (Å²) in [6.07, 6.45) is 8.77. The van der Waals surface area contributed by atoms with E-state index in [2.05, 4.69) is 17.5 Å². The largest absolute Gasteiger partial charge is 0.481 e. The minimum Gasteiger partial charge on any atom is -0.481 e. The van der Waals surface area contributed by atoms with Crippen LogP contribution in [0, 0.1) is 0 Å². The number of alkyl carbamates (subject to hydrolysis) is 1. The minimum atomic E-state index is -0.876. The first-order chi connectivity index (χ1) is 23.2. The molecule has 276 valence electrons. The summed E-state index contributed by atoms with van der Waals surface area (Å²) in [6.45, 7) is 9.30. The average Bonchev–Trinajstić information content (AvgIpc) is 3.04. The molecule has 0 bridgehead atoms. The van der Waals surface area contributed by atoms with Gasteiger partial charge in [-0.1, -0.05) is 12.2 Å². The monoisotopic (exact) mass is 681 g/mol. The van der Waals surface area contributed by atoms with Crippen molar-refractivity contribution >= 4 is 12.1 Å². The number of aliphatic carboxylic acids is 1. The van der Waals surface area contributed by atoms with E-state index in [0.717, 1.165) is 32.1 Å². The first-order valence-electron chi connectivity index (χ1n) is 16.8. The van der Waals surface area contributed by atoms with Gasteiger partial charge in [0.25, 0.3) is 0 Å². The summed E-state index contributed by atoms with van der Waals surface area (Å²) in [6, 6.07) is 0. The summed E-state index contributed by atoms with van der Waals surface area (Å²) < 4.78 is 59.5. The van der Waals surface area contributed by atoms with Crippen molar-refractivity contribution in [1.82, 2.24) is 5.32 Å². The third-order valence-electron chi connectivity index (χ3n) is 6.32. The maximum absolute atomic E-state index is 11.9. The molecular weight excluding hydrogens is 622 g/mol. The molecule has 15 nitrogen and oxygen atoms in total. The molecule has 0 radical (unpaired) electrons. The summed E-state index contributed by atoms with van der Waals surface area (Å²) in [5, 5.41) is 11.2. The summed E-state index contributed by atoms with van der Waals surface area (Å²) in [5.74, 6) is -0.876. The van der Waals surface area contributed by atoms with Gasteiger partial charge in [0, 0.05) is 6.54 Å². The van der Waals surface area contributed by atoms with Crippen LogP contribution in [0.4, 0.5) is 4.79 Å². The summed E-state index contributed by atoms with van der Waals surface area (Å²) >= 11 is 0. The van der Waals surface area contributed by atoms with E-state index in [1.807, 2.05) is 0 Å². The number of carbonyl (C=O) groups excluding carboxylic acids is 1. The van der Waals surface area contributed by atoms with E-state index in [4.69, 9.17) is 57.2 Å². The molecule has 1 atom stereocenters. The molecule has 15 heteroatoms. The fourth-order valence-electron chi connectivity index (χ4n) is 3.90. The van der Waals surface area contributed by atoms with Crippen LogP contribution in [-0.4, -0.2) is 162 Å². The van der Waals surface area contributed by atoms with E-state index in [1.165, 1.54) is 0 Å². The molecule has 0 spiro atoms. The third-order valence-corrected chi connectivity index (χ3v) is 6.32. The van der Waals surface area contributed by atoms with Gasteiger partial charge in [-0.15, -0.1) is 0 Å². The van der Waals surface area contributed by atoms with Gasteiger partial charge >= 0.3 is 12.1 Å². The van der Waals surface area contributed by atoms with Crippen LogP contribution >= 0.6 is 0 Å². The number of hydrogen-bond donors (Lipinski definition) is 2. The Bertz CT molecular complexity index is 730. The molecule has 0 saturated heterocycles. The predicted molar refractivity (Wildman–Crippen MR) is 171 cm³/mol. The van der Waals surface area contributed by atoms with E-state index in [1.54, 1.807) is 0 Å². The molecule has 0 aromatic heterocycles. The van der Waals surface area contributed by atoms with Crippen LogP contribution < -0.4 is 5.32 Å². The first-order valence-corrected chi connectivity index (χ1v) is 16.8. The zero-order valence-corrected chi connectivity index (χ0v) is 28.1. The van der Waals surface area contributed by atoms with Gasteiger partial charge in [0.15, 0.2) is 0 Å². The molecule has 1 aliphatic rings. The van der Waals surface area contributed by atoms with Gasteiger partial charge in [-0.25, -0.2) is 4.79 Å². The van der Waals surface area contributed by atoms with E-state index in [-0.39, 0.29) is 25.2 Å². The predicted octanol–water partition coefficient (Wildman–Crippen LogP) is 2.24. The molecule has 0 heterocycles. The van der Waals surface area contributed by atoms with Crippen molar-refractivity contribution in [2.24, 2.45) is 0 Å². The molecule has 0 fully saturated rings. The minimum absolute atomic E-state index is 0.00487. The van der Waals surface area contributed by atoms with Gasteiger partial charge in [-0.3, -0.25) is 4.79 Å². The quantitative estimate of drug-likeness (QED) is 0.0749. The number of ether oxygens (including phenoxy) is 11. The van der Waals surface area contributed by atoms with Gasteiger partial charge in [0.2, 0.25) is 0 Å². The van der Waals surface area contributed by atoms with Gasteiger partial charge in [0.05, 0.1) is 139 Å². The fourth-order valence-corrected chi connectivity index (χ4v) is 3.90. The lowest BCUT2D eigenvalue weighted by molar-refractivity contribution is -0.138. The molecule has 1 amide bonds. The summed E-state index contributed by atoms with van der Waals surface area (Å²) in [5.41, 5.74) is 0. The molecule has 47 heavy (non-hydrogen) atoms. The summed E-state index contributed by atoms with van der Waals surface area (Å²) in [4.78, 5) is 22.2. The molecule has 1 aliphatic carbocycles. The number of allylic oxidation sites excluding steroid dienone is 2. The van der Waals surface area contributed by atoms with Gasteiger partial charge < -0.3 is 62.5 Å². The molecule has 2 N–H and O–H groups in total. The van der Waals surface area contributed by atoms with Crippen molar-refractivity contribution in [3.63, 3.8) is 0 Å². The highest BCUT2D eigenvalue weighted by atomic mass is 16.6. The third kappa shape index (κ3) is 33.8. The van der Waals surface area contributed by atoms with Crippen LogP contribution in [0.15, 0.2) is 12.2 Å². The smallest absolute Gasteiger partial charge is 0.407 e. The number of hydrogen-bond acceptors (Lipinski definition) is 13. The van der Waals surface area contributed by atoms with Crippen molar-refractivity contribution in [3.8, 4) is 0 Å². The van der Waals surface area contributed by atoms with Crippen LogP contribution in [0.1, 0.15) is 38.5 Å². The Morgan fingerprint density at radius 1 is 0.511 bits per heavy atom. The second-order valence-electron chi connectivity index (χ2n) is 10.2. The Kier molecular flexibility index (Phi) is 32.5. The van der Waals surface area contributed by atoms with Crippen molar-refractivity contribution in [3.05, 3.63) is 12.2 Å². The Morgan fingerprint density at radius 3 is 1.28 bits per heavy atom. The lowest BCUT2D eigenvalue weighted by Gasteiger charge is -2.18. The molecule has 1 rings (SSSR count). The van der Waals surface area contributed by atoms with Gasteiger partial charge in [-0.05, 0) is 32.1 Å². The Hall–Kier alpha value is -1.92. The Morgan fingerprint density at radius 2 is 0.872 bits per heavy atom. The number of rotatable bonds is 34. The molecule has 0 aromatic carbocycles. The molecule has 0 aliphatic heterocycles. The number of carboxylic acid groups (broad SMARTS) is 1. The van der Waals surface area contributed by atoms with Crippen molar-refractivity contribution in [1.29, 1.82) is 0 Å². The number of nitrogens with one attached hydrogen (secondary N) is 1. The highest BCUT2D eigenvalue weighted by Gasteiger charge is 2.14. The van der Waals surface area contributed by atoms with Crippen molar-refractivity contribution in [2.45, 2.75) is 44.6 Å². The Balaban J connectivity index is 1.65. The lowest BCUT2D eigenvalue weighted by Crippen LogP contribution is -2.31. The van der Waals surface area contributed by atoms with E-state index in [9.17, 15) is 9.59 Å². The lowest BCUT2D eigenvalue weighted by atomic mass is 10.0. The van der Waals surface area contributed by atoms with Crippen LogP contribution in [0.2, 0.25) is 0 Å². The van der Waals surface area contributed by atoms with Crippen LogP contribution in [0.25, 0.3) is 0 Å². The highest BCUT2D eigenvalue weighted by Crippen LogP contribution is 2.15. The van der Waals surface area contributed by atoms with Crippen molar-refractivity contribution < 1.29 is 66.8 Å². The highest BCUT2D eigenvalue weighted by molar-refractivity contribution is 5.67. The standard InChI is InChI=1S/C32H59NO14/c34-31(35)8-10-37-12-14-39-16-18-41-20-22-43-24-26-45-28-29-46-27-25-44-23-21-42-19-17-40-15-13-38-11-9-33-32(36)47-30-6-4-2-1-3-5-7-30/h1-2,30H,3-29H2,(H,33,36)(H,34,35). The zero-order valence-electron chi connectivity index (χ0n) is 28.1. The maximum atomic E-state index is 11.9. The van der Waals surface area contributed by atoms with E-state index < -0.39 is 5.97 Å². The van der Waals surface area contributed by atoms with Crippen LogP contribution in [-0.2, 0) is 56.9 Å². The summed E-state index contributed by atoms with van der Waals surface area (Å²) in [7, 11) is 0.